The molecule has 2 unspecified atom stereocenters. The zero-order chi connectivity index (χ0) is 33.5. The minimum Gasteiger partial charge on any atom is -0.488 e. The third kappa shape index (κ3) is 5.03. The number of hydrogen-bond acceptors (Lipinski definition) is 6. The van der Waals surface area contributed by atoms with Crippen LogP contribution in [-0.4, -0.2) is 64.7 Å². The van der Waals surface area contributed by atoms with Crippen molar-refractivity contribution in [3.63, 3.8) is 0 Å². The van der Waals surface area contributed by atoms with Crippen LogP contribution in [0, 0.1) is 0 Å². The van der Waals surface area contributed by atoms with Crippen molar-refractivity contribution < 1.29 is 24.2 Å². The van der Waals surface area contributed by atoms with Gasteiger partial charge >= 0.3 is 12.2 Å². The molecule has 5 aromatic rings. The Morgan fingerprint density at radius 3 is 2.42 bits per heavy atom. The first-order valence-corrected chi connectivity index (χ1v) is 16.8. The first kappa shape index (κ1) is 30.3. The number of aromatic nitrogens is 4. The number of nitrogens with zero attached hydrogens (tertiary/aromatic N) is 4. The Balaban J connectivity index is 1.09. The molecular weight excluding hydrogens is 608 g/mol. The van der Waals surface area contributed by atoms with Crippen molar-refractivity contribution in [2.45, 2.75) is 96.7 Å². The second-order valence-corrected chi connectivity index (χ2v) is 14.5. The van der Waals surface area contributed by atoms with Crippen LogP contribution in [-0.2, 0) is 11.3 Å². The molecule has 3 aromatic carbocycles. The van der Waals surface area contributed by atoms with Gasteiger partial charge in [-0.15, -0.1) is 0 Å². The maximum absolute atomic E-state index is 13.2. The average Bonchev–Trinajstić information content (AvgIpc) is 3.84. The standard InChI is InChI=1S/C37H40N6O5/c1-19-6-12-29(42(19)35(44)45)33-38-17-28(40-33)22-8-10-24-23(14-22)18-47-31-16-25-21(15-26(24)31)9-11-27-32(25)41-34(39-27)30-13-7-20(2)43(30)36(46)48-37(3,4)5/h8-11,14-17,19-20,29-30H,6-7,12-13,18H2,1-5H3,(H,38,40)(H,39,41)(H,44,45)/t19?,20?,29-,30-/m0/s1. The molecule has 248 valence electrons. The van der Waals surface area contributed by atoms with Crippen LogP contribution in [0.25, 0.3) is 44.2 Å². The molecule has 2 fully saturated rings. The highest BCUT2D eigenvalue weighted by atomic mass is 16.6. The zero-order valence-electron chi connectivity index (χ0n) is 27.8. The Bertz CT molecular complexity index is 2090. The Hall–Kier alpha value is -5.06. The molecular formula is C37H40N6O5. The number of likely N-dealkylation sites (tertiary alicyclic amines) is 2. The molecule has 4 atom stereocenters. The summed E-state index contributed by atoms with van der Waals surface area (Å²) in [4.78, 5) is 44.9. The Morgan fingerprint density at radius 2 is 1.67 bits per heavy atom. The third-order valence-corrected chi connectivity index (χ3v) is 10.1. The summed E-state index contributed by atoms with van der Waals surface area (Å²) < 4.78 is 12.1. The lowest BCUT2D eigenvalue weighted by molar-refractivity contribution is 0.0152. The van der Waals surface area contributed by atoms with E-state index in [1.54, 1.807) is 6.20 Å². The van der Waals surface area contributed by atoms with E-state index in [0.29, 0.717) is 12.4 Å². The molecule has 2 aromatic heterocycles. The molecule has 0 saturated carbocycles. The molecule has 11 nitrogen and oxygen atoms in total. The lowest BCUT2D eigenvalue weighted by Crippen LogP contribution is -2.40. The number of hydrogen-bond donors (Lipinski definition) is 3. The fourth-order valence-electron chi connectivity index (χ4n) is 7.74. The van der Waals surface area contributed by atoms with E-state index in [4.69, 9.17) is 14.5 Å². The number of carbonyl (C=O) groups is 2. The fourth-order valence-corrected chi connectivity index (χ4v) is 7.74. The monoisotopic (exact) mass is 648 g/mol. The van der Waals surface area contributed by atoms with Crippen molar-refractivity contribution >= 4 is 34.0 Å². The van der Waals surface area contributed by atoms with E-state index in [9.17, 15) is 14.7 Å². The van der Waals surface area contributed by atoms with Crippen molar-refractivity contribution in [2.24, 2.45) is 0 Å². The molecule has 2 amide bonds. The van der Waals surface area contributed by atoms with E-state index in [1.807, 2.05) is 38.7 Å². The van der Waals surface area contributed by atoms with E-state index < -0.39 is 11.7 Å². The molecule has 0 aliphatic carbocycles. The summed E-state index contributed by atoms with van der Waals surface area (Å²) in [5, 5.41) is 11.8. The first-order valence-electron chi connectivity index (χ1n) is 16.8. The summed E-state index contributed by atoms with van der Waals surface area (Å²) in [7, 11) is 0. The Kier molecular flexibility index (Phi) is 6.94. The normalized spacial score (nSPS) is 22.2. The minimum atomic E-state index is -0.915. The molecule has 5 heterocycles. The number of benzene rings is 3. The number of carboxylic acid groups (broad SMARTS) is 1. The van der Waals surface area contributed by atoms with Crippen molar-refractivity contribution in [3.05, 3.63) is 65.9 Å². The van der Waals surface area contributed by atoms with Crippen LogP contribution in [0.5, 0.6) is 5.75 Å². The van der Waals surface area contributed by atoms with E-state index in [-0.39, 0.29) is 30.3 Å². The minimum absolute atomic E-state index is 0.0323. The van der Waals surface area contributed by atoms with Crippen LogP contribution < -0.4 is 4.74 Å². The number of amides is 2. The van der Waals surface area contributed by atoms with Gasteiger partial charge in [0.05, 0.1) is 35.0 Å². The summed E-state index contributed by atoms with van der Waals surface area (Å²) in [6.07, 6.45) is 3.82. The smallest absolute Gasteiger partial charge is 0.411 e. The molecule has 0 spiro atoms. The van der Waals surface area contributed by atoms with Crippen molar-refractivity contribution in [3.8, 4) is 28.1 Å². The van der Waals surface area contributed by atoms with Crippen LogP contribution in [0.4, 0.5) is 9.59 Å². The van der Waals surface area contributed by atoms with Gasteiger partial charge < -0.3 is 24.5 Å². The van der Waals surface area contributed by atoms with E-state index in [1.165, 1.54) is 4.90 Å². The summed E-state index contributed by atoms with van der Waals surface area (Å²) in [6, 6.07) is 14.3. The molecule has 0 bridgehead atoms. The third-order valence-electron chi connectivity index (χ3n) is 10.1. The quantitative estimate of drug-likeness (QED) is 0.179. The van der Waals surface area contributed by atoms with Gasteiger partial charge in [0.1, 0.15) is 29.6 Å². The fraction of sp³-hybridized carbons (Fsp3) is 0.405. The number of fused-ring (bicyclic) bond motifs is 6. The van der Waals surface area contributed by atoms with Gasteiger partial charge in [0.2, 0.25) is 0 Å². The number of nitrogens with one attached hydrogen (secondary N) is 2. The maximum atomic E-state index is 13.2. The molecule has 2 saturated heterocycles. The Labute approximate surface area is 278 Å². The van der Waals surface area contributed by atoms with Gasteiger partial charge in [-0.05, 0) is 107 Å². The molecule has 48 heavy (non-hydrogen) atoms. The predicted molar refractivity (Wildman–Crippen MR) is 182 cm³/mol. The van der Waals surface area contributed by atoms with Crippen LogP contribution in [0.15, 0.2) is 48.7 Å². The lowest BCUT2D eigenvalue weighted by atomic mass is 9.92. The van der Waals surface area contributed by atoms with Crippen LogP contribution in [0.2, 0.25) is 0 Å². The number of aromatic amines is 2. The summed E-state index contributed by atoms with van der Waals surface area (Å²) in [6.45, 7) is 10.1. The molecule has 3 aliphatic rings. The molecule has 11 heteroatoms. The number of rotatable bonds is 3. The molecule has 3 N–H and O–H groups in total. The Morgan fingerprint density at radius 1 is 0.917 bits per heavy atom. The van der Waals surface area contributed by atoms with Crippen molar-refractivity contribution in [2.75, 3.05) is 0 Å². The van der Waals surface area contributed by atoms with Crippen LogP contribution in [0.1, 0.15) is 89.6 Å². The van der Waals surface area contributed by atoms with Crippen LogP contribution in [0.3, 0.4) is 0 Å². The van der Waals surface area contributed by atoms with E-state index in [2.05, 4.69) is 58.3 Å². The summed E-state index contributed by atoms with van der Waals surface area (Å²) >= 11 is 0. The lowest BCUT2D eigenvalue weighted by Gasteiger charge is -2.30. The second kappa shape index (κ2) is 11.0. The second-order valence-electron chi connectivity index (χ2n) is 14.5. The van der Waals surface area contributed by atoms with Crippen molar-refractivity contribution in [1.82, 2.24) is 29.7 Å². The number of carbonyl (C=O) groups excluding carboxylic acids is 1. The van der Waals surface area contributed by atoms with Gasteiger partial charge in [-0.2, -0.15) is 0 Å². The highest BCUT2D eigenvalue weighted by Crippen LogP contribution is 2.44. The largest absolute Gasteiger partial charge is 0.488 e. The van der Waals surface area contributed by atoms with Gasteiger partial charge in [-0.25, -0.2) is 19.6 Å². The van der Waals surface area contributed by atoms with Gasteiger partial charge in [0, 0.05) is 23.0 Å². The highest BCUT2D eigenvalue weighted by molar-refractivity contribution is 6.07. The maximum Gasteiger partial charge on any atom is 0.411 e. The van der Waals surface area contributed by atoms with Crippen LogP contribution >= 0.6 is 0 Å². The van der Waals surface area contributed by atoms with Gasteiger partial charge in [0.25, 0.3) is 0 Å². The molecule has 3 aliphatic heterocycles. The molecule has 0 radical (unpaired) electrons. The van der Waals surface area contributed by atoms with Gasteiger partial charge in [-0.1, -0.05) is 18.2 Å². The van der Waals surface area contributed by atoms with Gasteiger partial charge in [-0.3, -0.25) is 9.80 Å². The highest BCUT2D eigenvalue weighted by Gasteiger charge is 2.40. The topological polar surface area (TPSA) is 137 Å². The SMILES string of the molecule is CC1CC[C@@H](c2ncc(-c3ccc4c(c3)COc3cc5c(ccc6nc([C@@H]7CCC(C)N7C(=O)OC(C)(C)C)[nH]c65)cc3-4)[nH]2)N1C(=O)O. The predicted octanol–water partition coefficient (Wildman–Crippen LogP) is 8.33. The first-order chi connectivity index (χ1) is 22.9. The number of ether oxygens (including phenoxy) is 2. The summed E-state index contributed by atoms with van der Waals surface area (Å²) in [5.41, 5.74) is 6.23. The van der Waals surface area contributed by atoms with E-state index >= 15 is 0 Å². The molecule has 8 rings (SSSR count). The number of imidazole rings is 2. The van der Waals surface area contributed by atoms with Gasteiger partial charge in [0.15, 0.2) is 0 Å². The van der Waals surface area contributed by atoms with E-state index in [0.717, 1.165) is 87.0 Å². The zero-order valence-corrected chi connectivity index (χ0v) is 27.8. The summed E-state index contributed by atoms with van der Waals surface area (Å²) in [5.74, 6) is 2.25. The number of H-pyrrole nitrogens is 2. The average molecular weight is 649 g/mol. The van der Waals surface area contributed by atoms with Crippen molar-refractivity contribution in [1.29, 1.82) is 0 Å².